The second-order valence-corrected chi connectivity index (χ2v) is 3.98. The number of amides is 1. The van der Waals surface area contributed by atoms with E-state index in [4.69, 9.17) is 5.73 Å². The van der Waals surface area contributed by atoms with Crippen LogP contribution >= 0.6 is 12.4 Å². The summed E-state index contributed by atoms with van der Waals surface area (Å²) in [6.07, 6.45) is 5.94. The number of rotatable bonds is 9. The minimum atomic E-state index is 0. The Labute approximate surface area is 106 Å². The second-order valence-electron chi connectivity index (χ2n) is 3.98. The van der Waals surface area contributed by atoms with Gasteiger partial charge in [0.25, 0.3) is 0 Å². The standard InChI is InChI=1S/C12H26N2O.ClH/c1-3-5-10-14(11-6-4-2)12(15)8-7-9-13;/h3-11,13H2,1-2H3;1H. The fraction of sp³-hybridized carbons (Fsp3) is 0.917. The average molecular weight is 251 g/mol. The molecule has 3 nitrogen and oxygen atoms in total. The van der Waals surface area contributed by atoms with Gasteiger partial charge in [-0.15, -0.1) is 12.4 Å². The molecule has 16 heavy (non-hydrogen) atoms. The van der Waals surface area contributed by atoms with Gasteiger partial charge in [-0.25, -0.2) is 0 Å². The molecule has 0 aromatic rings. The highest BCUT2D eigenvalue weighted by Gasteiger charge is 2.11. The van der Waals surface area contributed by atoms with Gasteiger partial charge in [-0.05, 0) is 25.8 Å². The Bertz CT molecular complexity index is 157. The third-order valence-corrected chi connectivity index (χ3v) is 2.51. The predicted octanol–water partition coefficient (Wildman–Crippen LogP) is 2.58. The molecule has 0 spiro atoms. The van der Waals surface area contributed by atoms with Gasteiger partial charge in [0.1, 0.15) is 0 Å². The molecule has 1 amide bonds. The highest BCUT2D eigenvalue weighted by molar-refractivity contribution is 5.85. The van der Waals surface area contributed by atoms with E-state index >= 15 is 0 Å². The molecule has 0 aliphatic carbocycles. The zero-order chi connectivity index (χ0) is 11.5. The third kappa shape index (κ3) is 8.98. The fourth-order valence-corrected chi connectivity index (χ4v) is 1.47. The molecule has 0 unspecified atom stereocenters. The summed E-state index contributed by atoms with van der Waals surface area (Å²) in [6, 6.07) is 0. The Morgan fingerprint density at radius 2 is 1.56 bits per heavy atom. The Morgan fingerprint density at radius 1 is 1.06 bits per heavy atom. The highest BCUT2D eigenvalue weighted by Crippen LogP contribution is 2.03. The summed E-state index contributed by atoms with van der Waals surface area (Å²) in [4.78, 5) is 13.8. The first kappa shape index (κ1) is 18.1. The van der Waals surface area contributed by atoms with Crippen LogP contribution in [0.1, 0.15) is 52.4 Å². The van der Waals surface area contributed by atoms with Crippen molar-refractivity contribution in [1.29, 1.82) is 0 Å². The van der Waals surface area contributed by atoms with Gasteiger partial charge in [0.15, 0.2) is 0 Å². The van der Waals surface area contributed by atoms with Crippen molar-refractivity contribution in [2.24, 2.45) is 5.73 Å². The van der Waals surface area contributed by atoms with Crippen molar-refractivity contribution in [3.63, 3.8) is 0 Å². The molecule has 0 aliphatic heterocycles. The molecule has 0 aromatic heterocycles. The lowest BCUT2D eigenvalue weighted by Gasteiger charge is -2.22. The quantitative estimate of drug-likeness (QED) is 0.684. The van der Waals surface area contributed by atoms with Gasteiger partial charge in [-0.1, -0.05) is 26.7 Å². The lowest BCUT2D eigenvalue weighted by molar-refractivity contribution is -0.131. The Balaban J connectivity index is 0. The smallest absolute Gasteiger partial charge is 0.222 e. The van der Waals surface area contributed by atoms with Crippen molar-refractivity contribution in [2.45, 2.75) is 52.4 Å². The van der Waals surface area contributed by atoms with Crippen molar-refractivity contribution in [3.8, 4) is 0 Å². The lowest BCUT2D eigenvalue weighted by atomic mass is 10.2. The number of hydrogen-bond acceptors (Lipinski definition) is 2. The summed E-state index contributed by atoms with van der Waals surface area (Å²) in [7, 11) is 0. The van der Waals surface area contributed by atoms with Gasteiger partial charge in [0.05, 0.1) is 0 Å². The van der Waals surface area contributed by atoms with Crippen LogP contribution in [-0.2, 0) is 4.79 Å². The van der Waals surface area contributed by atoms with Crippen LogP contribution < -0.4 is 5.73 Å². The van der Waals surface area contributed by atoms with Gasteiger partial charge in [-0.3, -0.25) is 4.79 Å². The van der Waals surface area contributed by atoms with Crippen LogP contribution in [0.2, 0.25) is 0 Å². The summed E-state index contributed by atoms with van der Waals surface area (Å²) >= 11 is 0. The first-order valence-corrected chi connectivity index (χ1v) is 6.24. The molecule has 0 radical (unpaired) electrons. The number of nitrogens with two attached hydrogens (primary N) is 1. The molecule has 0 rings (SSSR count). The minimum absolute atomic E-state index is 0. The van der Waals surface area contributed by atoms with Gasteiger partial charge in [-0.2, -0.15) is 0 Å². The van der Waals surface area contributed by atoms with Gasteiger partial charge in [0, 0.05) is 19.5 Å². The first-order chi connectivity index (χ1) is 7.26. The van der Waals surface area contributed by atoms with E-state index in [-0.39, 0.29) is 18.3 Å². The lowest BCUT2D eigenvalue weighted by Crippen LogP contribution is -2.33. The summed E-state index contributed by atoms with van der Waals surface area (Å²) in [6.45, 7) is 6.76. The molecular formula is C12H27ClN2O. The van der Waals surface area contributed by atoms with Crippen molar-refractivity contribution in [3.05, 3.63) is 0 Å². The molecule has 0 aromatic carbocycles. The number of halogens is 1. The molecule has 0 saturated heterocycles. The van der Waals surface area contributed by atoms with E-state index in [0.717, 1.165) is 45.2 Å². The van der Waals surface area contributed by atoms with Crippen LogP contribution in [0.15, 0.2) is 0 Å². The molecular weight excluding hydrogens is 224 g/mol. The first-order valence-electron chi connectivity index (χ1n) is 6.24. The van der Waals surface area contributed by atoms with Crippen LogP contribution in [0.25, 0.3) is 0 Å². The maximum absolute atomic E-state index is 11.8. The van der Waals surface area contributed by atoms with E-state index in [1.165, 1.54) is 0 Å². The minimum Gasteiger partial charge on any atom is -0.343 e. The number of nitrogens with zero attached hydrogens (tertiary/aromatic N) is 1. The Morgan fingerprint density at radius 3 is 1.94 bits per heavy atom. The average Bonchev–Trinajstić information content (AvgIpc) is 2.26. The van der Waals surface area contributed by atoms with E-state index in [0.29, 0.717) is 13.0 Å². The molecule has 2 N–H and O–H groups in total. The van der Waals surface area contributed by atoms with E-state index < -0.39 is 0 Å². The van der Waals surface area contributed by atoms with E-state index in [1.807, 2.05) is 4.90 Å². The predicted molar refractivity (Wildman–Crippen MR) is 71.9 cm³/mol. The van der Waals surface area contributed by atoms with E-state index in [9.17, 15) is 4.79 Å². The number of hydrogen-bond donors (Lipinski definition) is 1. The molecule has 4 heteroatoms. The highest BCUT2D eigenvalue weighted by atomic mass is 35.5. The third-order valence-electron chi connectivity index (χ3n) is 2.51. The molecule has 98 valence electrons. The van der Waals surface area contributed by atoms with Crippen molar-refractivity contribution < 1.29 is 4.79 Å². The topological polar surface area (TPSA) is 46.3 Å². The fourth-order valence-electron chi connectivity index (χ4n) is 1.47. The van der Waals surface area contributed by atoms with Gasteiger partial charge >= 0.3 is 0 Å². The zero-order valence-corrected chi connectivity index (χ0v) is 11.5. The summed E-state index contributed by atoms with van der Waals surface area (Å²) in [5.74, 6) is 0.280. The molecule has 0 atom stereocenters. The molecule has 0 saturated carbocycles. The van der Waals surface area contributed by atoms with Crippen LogP contribution in [0.3, 0.4) is 0 Å². The Hall–Kier alpha value is -0.280. The Kier molecular flexibility index (Phi) is 14.5. The number of carbonyl (C=O) groups excluding carboxylic acids is 1. The maximum atomic E-state index is 11.8. The molecule has 0 bridgehead atoms. The molecule has 0 fully saturated rings. The van der Waals surface area contributed by atoms with E-state index in [2.05, 4.69) is 13.8 Å². The number of carbonyl (C=O) groups is 1. The maximum Gasteiger partial charge on any atom is 0.222 e. The summed E-state index contributed by atoms with van der Waals surface area (Å²) < 4.78 is 0. The van der Waals surface area contributed by atoms with E-state index in [1.54, 1.807) is 0 Å². The van der Waals surface area contributed by atoms with Gasteiger partial charge in [0.2, 0.25) is 5.91 Å². The van der Waals surface area contributed by atoms with Crippen LogP contribution in [0, 0.1) is 0 Å². The van der Waals surface area contributed by atoms with Crippen molar-refractivity contribution >= 4 is 18.3 Å². The van der Waals surface area contributed by atoms with Gasteiger partial charge < -0.3 is 10.6 Å². The van der Waals surface area contributed by atoms with Crippen LogP contribution in [-0.4, -0.2) is 30.4 Å². The van der Waals surface area contributed by atoms with Crippen LogP contribution in [0.4, 0.5) is 0 Å². The number of unbranched alkanes of at least 4 members (excludes halogenated alkanes) is 2. The van der Waals surface area contributed by atoms with Crippen molar-refractivity contribution in [2.75, 3.05) is 19.6 Å². The zero-order valence-electron chi connectivity index (χ0n) is 10.7. The summed E-state index contributed by atoms with van der Waals surface area (Å²) in [5.41, 5.74) is 5.41. The SMILES string of the molecule is CCCCN(CCCC)C(=O)CCCN.Cl. The second kappa shape index (κ2) is 12.8. The van der Waals surface area contributed by atoms with Crippen LogP contribution in [0.5, 0.6) is 0 Å². The summed E-state index contributed by atoms with van der Waals surface area (Å²) in [5, 5.41) is 0. The van der Waals surface area contributed by atoms with Crippen molar-refractivity contribution in [1.82, 2.24) is 4.90 Å². The molecule has 0 heterocycles. The molecule has 0 aliphatic rings. The largest absolute Gasteiger partial charge is 0.343 e. The monoisotopic (exact) mass is 250 g/mol. The normalized spacial score (nSPS) is 9.69.